The standard InChI is InChI=1S/C21H29N3O3/c25-19(22-17-5-2-1-3-6-17)9-10-20(26)23-12-15-11-16(14-23)18-7-4-8-21(27)24(18)13-15/h4,7-8,15-17H,1-3,5-6,9-14H2,(H,22,25)/t15?,16-/m0/s1. The number of hydrogen-bond acceptors (Lipinski definition) is 3. The van der Waals surface area contributed by atoms with E-state index in [4.69, 9.17) is 0 Å². The van der Waals surface area contributed by atoms with Crippen LogP contribution in [0, 0.1) is 5.92 Å². The molecule has 1 N–H and O–H groups in total. The van der Waals surface area contributed by atoms with Gasteiger partial charge in [0, 0.05) is 56.2 Å². The van der Waals surface area contributed by atoms with Crippen molar-refractivity contribution in [3.8, 4) is 0 Å². The van der Waals surface area contributed by atoms with E-state index in [1.807, 2.05) is 21.6 Å². The van der Waals surface area contributed by atoms with Crippen LogP contribution in [0.3, 0.4) is 0 Å². The number of nitrogens with one attached hydrogen (secondary N) is 1. The molecule has 3 heterocycles. The summed E-state index contributed by atoms with van der Waals surface area (Å²) in [6.45, 7) is 2.04. The molecule has 1 saturated carbocycles. The van der Waals surface area contributed by atoms with Crippen molar-refractivity contribution in [1.29, 1.82) is 0 Å². The number of likely N-dealkylation sites (tertiary alicyclic amines) is 1. The fraction of sp³-hybridized carbons (Fsp3) is 0.667. The predicted octanol–water partition coefficient (Wildman–Crippen LogP) is 2.02. The zero-order valence-electron chi connectivity index (χ0n) is 15.9. The van der Waals surface area contributed by atoms with Crippen molar-refractivity contribution in [3.05, 3.63) is 34.2 Å². The Hall–Kier alpha value is -2.11. The Labute approximate surface area is 159 Å². The summed E-state index contributed by atoms with van der Waals surface area (Å²) < 4.78 is 1.87. The summed E-state index contributed by atoms with van der Waals surface area (Å²) in [4.78, 5) is 38.9. The molecule has 0 aromatic carbocycles. The predicted molar refractivity (Wildman–Crippen MR) is 102 cm³/mol. The van der Waals surface area contributed by atoms with E-state index in [2.05, 4.69) is 5.32 Å². The van der Waals surface area contributed by atoms with Crippen LogP contribution < -0.4 is 10.9 Å². The van der Waals surface area contributed by atoms with Crippen LogP contribution in [0.2, 0.25) is 0 Å². The Morgan fingerprint density at radius 1 is 1.04 bits per heavy atom. The molecule has 3 aliphatic rings. The van der Waals surface area contributed by atoms with E-state index in [9.17, 15) is 14.4 Å². The lowest BCUT2D eigenvalue weighted by Gasteiger charge is -2.42. The van der Waals surface area contributed by atoms with E-state index < -0.39 is 0 Å². The summed E-state index contributed by atoms with van der Waals surface area (Å²) in [6.07, 6.45) is 7.35. The molecule has 4 rings (SSSR count). The third-order valence-electron chi connectivity index (χ3n) is 6.37. The second kappa shape index (κ2) is 7.87. The van der Waals surface area contributed by atoms with Crippen LogP contribution in [-0.2, 0) is 16.1 Å². The SMILES string of the molecule is O=C(CCC(=O)N1CC2C[C@@H](C1)c1cccc(=O)n1C2)NC1CCCCC1. The summed E-state index contributed by atoms with van der Waals surface area (Å²) in [5.41, 5.74) is 1.10. The minimum absolute atomic E-state index is 0.00403. The molecule has 6 heteroatoms. The minimum atomic E-state index is 0.00403. The van der Waals surface area contributed by atoms with Gasteiger partial charge in [0.2, 0.25) is 11.8 Å². The first-order valence-electron chi connectivity index (χ1n) is 10.4. The van der Waals surface area contributed by atoms with Gasteiger partial charge in [0.25, 0.3) is 5.56 Å². The Kier molecular flexibility index (Phi) is 5.32. The molecule has 1 saturated heterocycles. The zero-order chi connectivity index (χ0) is 18.8. The van der Waals surface area contributed by atoms with Gasteiger partial charge in [-0.25, -0.2) is 0 Å². The number of fused-ring (bicyclic) bond motifs is 4. The number of nitrogens with zero attached hydrogens (tertiary/aromatic N) is 2. The van der Waals surface area contributed by atoms with E-state index in [0.717, 1.165) is 25.0 Å². The van der Waals surface area contributed by atoms with Crippen molar-refractivity contribution in [2.75, 3.05) is 13.1 Å². The Balaban J connectivity index is 1.31. The highest BCUT2D eigenvalue weighted by Gasteiger charge is 2.36. The van der Waals surface area contributed by atoms with Crippen LogP contribution in [-0.4, -0.2) is 40.4 Å². The largest absolute Gasteiger partial charge is 0.353 e. The maximum atomic E-state index is 12.7. The molecule has 2 amide bonds. The Bertz CT molecular complexity index is 766. The molecule has 1 unspecified atom stereocenters. The zero-order valence-corrected chi connectivity index (χ0v) is 15.9. The number of amides is 2. The maximum absolute atomic E-state index is 12.7. The number of piperidine rings is 1. The molecule has 146 valence electrons. The summed E-state index contributed by atoms with van der Waals surface area (Å²) >= 11 is 0. The minimum Gasteiger partial charge on any atom is -0.353 e. The van der Waals surface area contributed by atoms with Gasteiger partial charge in [-0.1, -0.05) is 25.3 Å². The first-order valence-corrected chi connectivity index (χ1v) is 10.4. The molecule has 0 spiro atoms. The van der Waals surface area contributed by atoms with E-state index in [0.29, 0.717) is 31.6 Å². The van der Waals surface area contributed by atoms with Gasteiger partial charge >= 0.3 is 0 Å². The van der Waals surface area contributed by atoms with Gasteiger partial charge in [-0.2, -0.15) is 0 Å². The van der Waals surface area contributed by atoms with Gasteiger partial charge in [-0.15, -0.1) is 0 Å². The Morgan fingerprint density at radius 2 is 1.85 bits per heavy atom. The van der Waals surface area contributed by atoms with E-state index in [1.165, 1.54) is 19.3 Å². The normalized spacial score (nSPS) is 25.0. The first kappa shape index (κ1) is 18.3. The highest BCUT2D eigenvalue weighted by Crippen LogP contribution is 2.35. The van der Waals surface area contributed by atoms with Gasteiger partial charge in [0.1, 0.15) is 0 Å². The van der Waals surface area contributed by atoms with Crippen LogP contribution in [0.4, 0.5) is 0 Å². The van der Waals surface area contributed by atoms with E-state index in [-0.39, 0.29) is 36.1 Å². The number of carbonyl (C=O) groups excluding carboxylic acids is 2. The third kappa shape index (κ3) is 4.09. The second-order valence-electron chi connectivity index (χ2n) is 8.40. The molecule has 1 aromatic heterocycles. The van der Waals surface area contributed by atoms with Crippen molar-refractivity contribution in [3.63, 3.8) is 0 Å². The van der Waals surface area contributed by atoms with Crippen LogP contribution in [0.15, 0.2) is 23.0 Å². The van der Waals surface area contributed by atoms with E-state index >= 15 is 0 Å². The highest BCUT2D eigenvalue weighted by atomic mass is 16.2. The monoisotopic (exact) mass is 371 g/mol. The van der Waals surface area contributed by atoms with Gasteiger partial charge in [0.15, 0.2) is 0 Å². The highest BCUT2D eigenvalue weighted by molar-refractivity contribution is 5.84. The maximum Gasteiger partial charge on any atom is 0.250 e. The average molecular weight is 371 g/mol. The van der Waals surface area contributed by atoms with Crippen molar-refractivity contribution in [2.24, 2.45) is 5.92 Å². The van der Waals surface area contributed by atoms with Crippen LogP contribution in [0.25, 0.3) is 0 Å². The number of hydrogen-bond donors (Lipinski definition) is 1. The third-order valence-corrected chi connectivity index (χ3v) is 6.37. The lowest BCUT2D eigenvalue weighted by atomic mass is 9.83. The van der Waals surface area contributed by atoms with Crippen LogP contribution in [0.5, 0.6) is 0 Å². The number of pyridine rings is 1. The molecule has 2 bridgehead atoms. The van der Waals surface area contributed by atoms with Crippen LogP contribution in [0.1, 0.15) is 63.0 Å². The van der Waals surface area contributed by atoms with Crippen molar-refractivity contribution in [2.45, 2.75) is 69.9 Å². The molecule has 0 radical (unpaired) electrons. The topological polar surface area (TPSA) is 71.4 Å². The van der Waals surface area contributed by atoms with Gasteiger partial charge in [0.05, 0.1) is 0 Å². The van der Waals surface area contributed by atoms with Crippen molar-refractivity contribution in [1.82, 2.24) is 14.8 Å². The number of carbonyl (C=O) groups is 2. The molecule has 6 nitrogen and oxygen atoms in total. The van der Waals surface area contributed by atoms with Crippen molar-refractivity contribution >= 4 is 11.8 Å². The number of aromatic nitrogens is 1. The molecule has 1 aliphatic carbocycles. The second-order valence-corrected chi connectivity index (χ2v) is 8.40. The van der Waals surface area contributed by atoms with Crippen LogP contribution >= 0.6 is 0 Å². The molecule has 1 aromatic rings. The smallest absolute Gasteiger partial charge is 0.250 e. The van der Waals surface area contributed by atoms with E-state index in [1.54, 1.807) is 6.07 Å². The lowest BCUT2D eigenvalue weighted by Crippen LogP contribution is -2.49. The van der Waals surface area contributed by atoms with Gasteiger partial charge < -0.3 is 14.8 Å². The summed E-state index contributed by atoms with van der Waals surface area (Å²) in [5, 5.41) is 3.09. The molecule has 27 heavy (non-hydrogen) atoms. The van der Waals surface area contributed by atoms with Gasteiger partial charge in [-0.05, 0) is 31.2 Å². The summed E-state index contributed by atoms with van der Waals surface area (Å²) in [7, 11) is 0. The molecule has 2 atom stereocenters. The van der Waals surface area contributed by atoms with Crippen molar-refractivity contribution < 1.29 is 9.59 Å². The Morgan fingerprint density at radius 3 is 2.67 bits per heavy atom. The quantitative estimate of drug-likeness (QED) is 0.880. The first-order chi connectivity index (χ1) is 13.1. The molecular formula is C21H29N3O3. The summed E-state index contributed by atoms with van der Waals surface area (Å²) in [6, 6.07) is 5.72. The fourth-order valence-corrected chi connectivity index (χ4v) is 5.03. The summed E-state index contributed by atoms with van der Waals surface area (Å²) in [5.74, 6) is 0.627. The number of rotatable bonds is 4. The molecular weight excluding hydrogens is 342 g/mol. The lowest BCUT2D eigenvalue weighted by molar-refractivity contribution is -0.136. The molecule has 2 fully saturated rings. The molecule has 2 aliphatic heterocycles. The average Bonchev–Trinajstić information content (AvgIpc) is 2.67. The fourth-order valence-electron chi connectivity index (χ4n) is 5.03. The van der Waals surface area contributed by atoms with Gasteiger partial charge in [-0.3, -0.25) is 14.4 Å².